The summed E-state index contributed by atoms with van der Waals surface area (Å²) < 4.78 is 5.80. The maximum atomic E-state index is 13.1. The lowest BCUT2D eigenvalue weighted by atomic mass is 10.1. The Hall–Kier alpha value is -1.64. The molecule has 170 valence electrons. The number of benzene rings is 1. The Labute approximate surface area is 206 Å². The fourth-order valence-corrected chi connectivity index (χ4v) is 5.39. The van der Waals surface area contributed by atoms with Crippen LogP contribution in [0.15, 0.2) is 41.1 Å². The van der Waals surface area contributed by atoms with Gasteiger partial charge < -0.3 is 14.5 Å². The van der Waals surface area contributed by atoms with Gasteiger partial charge in [-0.2, -0.15) is 0 Å². The van der Waals surface area contributed by atoms with Crippen LogP contribution in [0.1, 0.15) is 39.6 Å². The molecule has 1 fully saturated rings. The van der Waals surface area contributed by atoms with Crippen LogP contribution >= 0.6 is 45.9 Å². The largest absolute Gasteiger partial charge is 0.485 e. The number of piperidine rings is 1. The highest BCUT2D eigenvalue weighted by atomic mass is 35.5. The van der Waals surface area contributed by atoms with Crippen LogP contribution in [-0.2, 0) is 13.2 Å². The van der Waals surface area contributed by atoms with Gasteiger partial charge in [0.25, 0.3) is 5.91 Å². The molecule has 0 N–H and O–H groups in total. The van der Waals surface area contributed by atoms with E-state index in [0.29, 0.717) is 35.5 Å². The monoisotopic (exact) mass is 509 g/mol. The summed E-state index contributed by atoms with van der Waals surface area (Å²) in [5, 5.41) is 5.84. The number of hydrogen-bond acceptors (Lipinski definition) is 6. The first-order valence-corrected chi connectivity index (χ1v) is 13.2. The summed E-state index contributed by atoms with van der Waals surface area (Å²) in [6.45, 7) is 4.61. The second kappa shape index (κ2) is 11.5. The summed E-state index contributed by atoms with van der Waals surface area (Å²) in [6, 6.07) is 8.93. The Morgan fingerprint density at radius 2 is 2.00 bits per heavy atom. The fraction of sp³-hybridized carbons (Fsp3) is 0.391. The highest BCUT2D eigenvalue weighted by Gasteiger charge is 2.20. The number of thiophene rings is 1. The average molecular weight is 511 g/mol. The van der Waals surface area contributed by atoms with E-state index in [1.165, 1.54) is 41.9 Å². The Balaban J connectivity index is 1.39. The Kier molecular flexibility index (Phi) is 8.43. The molecule has 0 atom stereocenters. The van der Waals surface area contributed by atoms with Crippen molar-refractivity contribution in [3.63, 3.8) is 0 Å². The van der Waals surface area contributed by atoms with E-state index in [4.69, 9.17) is 27.9 Å². The van der Waals surface area contributed by atoms with Crippen molar-refractivity contribution < 1.29 is 9.53 Å². The van der Waals surface area contributed by atoms with Gasteiger partial charge in [-0.25, -0.2) is 4.98 Å². The van der Waals surface area contributed by atoms with E-state index in [1.54, 1.807) is 18.2 Å². The maximum Gasteiger partial charge on any atom is 0.264 e. The van der Waals surface area contributed by atoms with Crippen molar-refractivity contribution in [2.75, 3.05) is 26.2 Å². The number of ether oxygens (including phenoxy) is 1. The van der Waals surface area contributed by atoms with Crippen LogP contribution in [0, 0.1) is 0 Å². The molecule has 0 unspecified atom stereocenters. The van der Waals surface area contributed by atoms with E-state index in [1.807, 2.05) is 27.8 Å². The molecule has 9 heteroatoms. The van der Waals surface area contributed by atoms with Gasteiger partial charge in [-0.15, -0.1) is 22.7 Å². The summed E-state index contributed by atoms with van der Waals surface area (Å²) in [4.78, 5) is 22.9. The number of hydrogen-bond donors (Lipinski definition) is 0. The molecule has 1 aliphatic rings. The molecular weight excluding hydrogens is 485 g/mol. The van der Waals surface area contributed by atoms with E-state index in [-0.39, 0.29) is 5.91 Å². The fourth-order valence-electron chi connectivity index (χ4n) is 3.66. The molecule has 1 aromatic carbocycles. The molecule has 0 spiro atoms. The SMILES string of the molecule is O=C(c1cccs1)N(CCN1CCCCC1)Cc1csc(COc2cc(Cl)ccc2Cl)n1. The van der Waals surface area contributed by atoms with Crippen molar-refractivity contribution in [3.8, 4) is 5.75 Å². The summed E-state index contributed by atoms with van der Waals surface area (Å²) in [5.41, 5.74) is 0.870. The van der Waals surface area contributed by atoms with Crippen molar-refractivity contribution in [2.45, 2.75) is 32.4 Å². The summed E-state index contributed by atoms with van der Waals surface area (Å²) in [7, 11) is 0. The standard InChI is InChI=1S/C23H25Cl2N3O2S2/c24-17-6-7-19(25)20(13-17)30-15-22-26-18(16-32-22)14-28(23(29)21-5-4-12-31-21)11-10-27-8-2-1-3-9-27/h4-7,12-13,16H,1-3,8-11,14-15H2. The molecular formula is C23H25Cl2N3O2S2. The second-order valence-corrected chi connectivity index (χ2v) is 10.4. The van der Waals surface area contributed by atoms with E-state index >= 15 is 0 Å². The first-order chi connectivity index (χ1) is 15.6. The molecule has 3 heterocycles. The number of amides is 1. The predicted molar refractivity (Wildman–Crippen MR) is 132 cm³/mol. The molecule has 1 saturated heterocycles. The lowest BCUT2D eigenvalue weighted by Gasteiger charge is -2.29. The minimum Gasteiger partial charge on any atom is -0.485 e. The van der Waals surface area contributed by atoms with Crippen molar-refractivity contribution >= 4 is 51.8 Å². The number of thiazole rings is 1. The molecule has 3 aromatic rings. The van der Waals surface area contributed by atoms with E-state index < -0.39 is 0 Å². The van der Waals surface area contributed by atoms with Gasteiger partial charge in [0.1, 0.15) is 17.4 Å². The van der Waals surface area contributed by atoms with E-state index in [2.05, 4.69) is 9.88 Å². The van der Waals surface area contributed by atoms with Crippen LogP contribution in [-0.4, -0.2) is 46.9 Å². The minimum absolute atomic E-state index is 0.0634. The van der Waals surface area contributed by atoms with Gasteiger partial charge in [0, 0.05) is 29.6 Å². The van der Waals surface area contributed by atoms with Crippen LogP contribution in [0.25, 0.3) is 0 Å². The van der Waals surface area contributed by atoms with Gasteiger partial charge in [0.2, 0.25) is 0 Å². The third-order valence-electron chi connectivity index (χ3n) is 5.35. The minimum atomic E-state index is 0.0634. The number of aromatic nitrogens is 1. The highest BCUT2D eigenvalue weighted by molar-refractivity contribution is 7.12. The van der Waals surface area contributed by atoms with Crippen molar-refractivity contribution in [2.24, 2.45) is 0 Å². The summed E-state index contributed by atoms with van der Waals surface area (Å²) in [6.07, 6.45) is 3.79. The third-order valence-corrected chi connectivity index (χ3v) is 7.63. The zero-order valence-electron chi connectivity index (χ0n) is 17.6. The molecule has 0 radical (unpaired) electrons. The predicted octanol–water partition coefficient (Wildman–Crippen LogP) is 6.22. The topological polar surface area (TPSA) is 45.7 Å². The molecule has 4 rings (SSSR count). The van der Waals surface area contributed by atoms with Crippen molar-refractivity contribution in [1.82, 2.24) is 14.8 Å². The van der Waals surface area contributed by atoms with Gasteiger partial charge in [-0.3, -0.25) is 4.79 Å². The number of carbonyl (C=O) groups excluding carboxylic acids is 1. The van der Waals surface area contributed by atoms with Gasteiger partial charge in [-0.1, -0.05) is 35.7 Å². The zero-order valence-corrected chi connectivity index (χ0v) is 20.8. The second-order valence-electron chi connectivity index (χ2n) is 7.70. The zero-order chi connectivity index (χ0) is 22.3. The van der Waals surface area contributed by atoms with Crippen LogP contribution < -0.4 is 4.74 Å². The van der Waals surface area contributed by atoms with Gasteiger partial charge in [0.05, 0.1) is 22.1 Å². The molecule has 0 bridgehead atoms. The first kappa shape index (κ1) is 23.5. The molecule has 0 aliphatic carbocycles. The molecule has 0 saturated carbocycles. The van der Waals surface area contributed by atoms with Gasteiger partial charge in [-0.05, 0) is 49.5 Å². The Morgan fingerprint density at radius 1 is 1.16 bits per heavy atom. The van der Waals surface area contributed by atoms with Crippen LogP contribution in [0.4, 0.5) is 0 Å². The number of nitrogens with zero attached hydrogens (tertiary/aromatic N) is 3. The number of likely N-dealkylation sites (tertiary alicyclic amines) is 1. The third kappa shape index (κ3) is 6.45. The Bertz CT molecular complexity index is 1020. The van der Waals surface area contributed by atoms with Gasteiger partial charge in [0.15, 0.2) is 0 Å². The quantitative estimate of drug-likeness (QED) is 0.343. The number of carbonyl (C=O) groups is 1. The van der Waals surface area contributed by atoms with Crippen LogP contribution in [0.2, 0.25) is 10.0 Å². The maximum absolute atomic E-state index is 13.1. The lowest BCUT2D eigenvalue weighted by molar-refractivity contribution is 0.0718. The van der Waals surface area contributed by atoms with E-state index in [9.17, 15) is 4.79 Å². The summed E-state index contributed by atoms with van der Waals surface area (Å²) in [5.74, 6) is 0.598. The van der Waals surface area contributed by atoms with E-state index in [0.717, 1.165) is 35.2 Å². The van der Waals surface area contributed by atoms with Crippen molar-refractivity contribution in [3.05, 3.63) is 66.7 Å². The normalized spacial score (nSPS) is 14.4. The highest BCUT2D eigenvalue weighted by Crippen LogP contribution is 2.28. The number of halogens is 2. The lowest BCUT2D eigenvalue weighted by Crippen LogP contribution is -2.40. The van der Waals surface area contributed by atoms with Crippen molar-refractivity contribution in [1.29, 1.82) is 0 Å². The Morgan fingerprint density at radius 3 is 2.78 bits per heavy atom. The van der Waals surface area contributed by atoms with Crippen LogP contribution in [0.3, 0.4) is 0 Å². The molecule has 1 amide bonds. The smallest absolute Gasteiger partial charge is 0.264 e. The molecule has 5 nitrogen and oxygen atoms in total. The molecule has 32 heavy (non-hydrogen) atoms. The number of rotatable bonds is 9. The first-order valence-electron chi connectivity index (χ1n) is 10.6. The van der Waals surface area contributed by atoms with Crippen LogP contribution in [0.5, 0.6) is 5.75 Å². The summed E-state index contributed by atoms with van der Waals surface area (Å²) >= 11 is 15.2. The van der Waals surface area contributed by atoms with Gasteiger partial charge >= 0.3 is 0 Å². The average Bonchev–Trinajstić information content (AvgIpc) is 3.50. The molecule has 2 aromatic heterocycles. The molecule has 1 aliphatic heterocycles.